The van der Waals surface area contributed by atoms with Crippen molar-refractivity contribution in [1.29, 1.82) is 0 Å². The highest BCUT2D eigenvalue weighted by atomic mass is 32.1. The molecule has 0 aliphatic carbocycles. The third kappa shape index (κ3) is 19.2. The summed E-state index contributed by atoms with van der Waals surface area (Å²) < 4.78 is 0. The third-order valence-electron chi connectivity index (χ3n) is 11.7. The van der Waals surface area contributed by atoms with Crippen molar-refractivity contribution < 1.29 is 0 Å². The predicted octanol–water partition coefficient (Wildman–Crippen LogP) is 20.1. The Morgan fingerprint density at radius 1 is 0.328 bits per heavy atom. The first-order chi connectivity index (χ1) is 28.6. The average Bonchev–Trinajstić information content (AvgIpc) is 4.05. The molecule has 0 amide bonds. The summed E-state index contributed by atoms with van der Waals surface area (Å²) in [5.74, 6) is 0. The largest absolute Gasteiger partial charge is 0.144 e. The molecule has 0 N–H and O–H groups in total. The fraction of sp³-hybridized carbons (Fsp3) is 0.593. The Morgan fingerprint density at radius 3 is 0.966 bits per heavy atom. The number of hydrogen-bond acceptors (Lipinski definition) is 4. The number of unbranched alkanes of at least 4 members (excludes halogenated alkanes) is 20. The van der Waals surface area contributed by atoms with E-state index < -0.39 is 0 Å². The molecule has 58 heavy (non-hydrogen) atoms. The van der Waals surface area contributed by atoms with Gasteiger partial charge in [0.2, 0.25) is 0 Å². The van der Waals surface area contributed by atoms with Crippen molar-refractivity contribution in [3.05, 3.63) is 86.5 Å². The standard InChI is InChI=1S/C54H80S4/c1-5-9-13-17-21-25-29-45-39-41-55-51(45)35-33-49-43-47(31-27-23-19-15-11-7-3)53(57-49)37-38-54-48(32-28-24-20-16-12-8-4)44-50(58-54)34-36-52-46(40-42-56-52)30-26-22-18-14-10-6-2/h33-44H,5-32H2,1-4H3/b35-33+,36-34+,38-37+. The van der Waals surface area contributed by atoms with Crippen LogP contribution < -0.4 is 0 Å². The Balaban J connectivity index is 1.50. The van der Waals surface area contributed by atoms with Crippen LogP contribution in [0.25, 0.3) is 36.5 Å². The second kappa shape index (κ2) is 31.0. The van der Waals surface area contributed by atoms with E-state index in [9.17, 15) is 0 Å². The molecule has 0 aliphatic heterocycles. The van der Waals surface area contributed by atoms with Gasteiger partial charge < -0.3 is 0 Å². The smallest absolute Gasteiger partial charge is 0.0309 e. The molecule has 0 spiro atoms. The van der Waals surface area contributed by atoms with Crippen LogP contribution in [0.2, 0.25) is 0 Å². The zero-order valence-electron chi connectivity index (χ0n) is 37.4. The van der Waals surface area contributed by atoms with Gasteiger partial charge in [0.15, 0.2) is 0 Å². The molecular formula is C54H80S4. The van der Waals surface area contributed by atoms with Crippen molar-refractivity contribution in [3.63, 3.8) is 0 Å². The molecular weight excluding hydrogens is 777 g/mol. The van der Waals surface area contributed by atoms with Crippen LogP contribution in [0.5, 0.6) is 0 Å². The lowest BCUT2D eigenvalue weighted by molar-refractivity contribution is 0.607. The van der Waals surface area contributed by atoms with Crippen LogP contribution in [0, 0.1) is 0 Å². The van der Waals surface area contributed by atoms with Gasteiger partial charge in [-0.1, -0.05) is 156 Å². The molecule has 320 valence electrons. The maximum absolute atomic E-state index is 2.51. The number of rotatable bonds is 34. The van der Waals surface area contributed by atoms with Gasteiger partial charge in [0.1, 0.15) is 0 Å². The third-order valence-corrected chi connectivity index (χ3v) is 15.7. The molecule has 0 aliphatic rings. The summed E-state index contributed by atoms with van der Waals surface area (Å²) in [6.45, 7) is 9.24. The molecule has 0 unspecified atom stereocenters. The van der Waals surface area contributed by atoms with E-state index in [1.807, 2.05) is 45.3 Å². The van der Waals surface area contributed by atoms with E-state index >= 15 is 0 Å². The lowest BCUT2D eigenvalue weighted by atomic mass is 10.0. The molecule has 0 saturated carbocycles. The summed E-state index contributed by atoms with van der Waals surface area (Å²) in [6.07, 6.45) is 51.8. The van der Waals surface area contributed by atoms with E-state index in [0.717, 1.165) is 0 Å². The van der Waals surface area contributed by atoms with Gasteiger partial charge in [-0.3, -0.25) is 0 Å². The maximum Gasteiger partial charge on any atom is 0.0309 e. The van der Waals surface area contributed by atoms with Crippen LogP contribution in [0.15, 0.2) is 35.0 Å². The van der Waals surface area contributed by atoms with Crippen molar-refractivity contribution in [1.82, 2.24) is 0 Å². The van der Waals surface area contributed by atoms with E-state index in [-0.39, 0.29) is 0 Å². The summed E-state index contributed by atoms with van der Waals surface area (Å²) >= 11 is 7.80. The average molecular weight is 858 g/mol. The van der Waals surface area contributed by atoms with E-state index in [1.54, 1.807) is 11.1 Å². The minimum atomic E-state index is 1.18. The van der Waals surface area contributed by atoms with Gasteiger partial charge in [0.05, 0.1) is 0 Å². The van der Waals surface area contributed by atoms with Crippen LogP contribution in [0.3, 0.4) is 0 Å². The highest BCUT2D eigenvalue weighted by molar-refractivity contribution is 7.15. The second-order valence-corrected chi connectivity index (χ2v) is 20.9. The normalized spacial score (nSPS) is 12.1. The van der Waals surface area contributed by atoms with Gasteiger partial charge in [-0.25, -0.2) is 0 Å². The van der Waals surface area contributed by atoms with E-state index in [1.165, 1.54) is 220 Å². The molecule has 4 heterocycles. The molecule has 4 rings (SSSR count). The van der Waals surface area contributed by atoms with Gasteiger partial charge in [0.25, 0.3) is 0 Å². The Labute approximate surface area is 373 Å². The van der Waals surface area contributed by atoms with Crippen molar-refractivity contribution in [2.45, 2.75) is 207 Å². The summed E-state index contributed by atoms with van der Waals surface area (Å²) in [7, 11) is 0. The van der Waals surface area contributed by atoms with Crippen LogP contribution in [-0.4, -0.2) is 0 Å². The number of aryl methyl sites for hydroxylation is 4. The van der Waals surface area contributed by atoms with E-state index in [0.29, 0.717) is 0 Å². The predicted molar refractivity (Wildman–Crippen MR) is 272 cm³/mol. The van der Waals surface area contributed by atoms with Crippen LogP contribution in [0.1, 0.15) is 233 Å². The summed E-state index contributed by atoms with van der Waals surface area (Å²) in [6, 6.07) is 9.76. The Kier molecular flexibility index (Phi) is 26.0. The molecule has 0 nitrogen and oxygen atoms in total. The van der Waals surface area contributed by atoms with Gasteiger partial charge in [-0.2, -0.15) is 0 Å². The molecule has 0 saturated heterocycles. The van der Waals surface area contributed by atoms with Crippen molar-refractivity contribution in [2.75, 3.05) is 0 Å². The van der Waals surface area contributed by atoms with E-state index in [2.05, 4.69) is 99.2 Å². The van der Waals surface area contributed by atoms with Crippen molar-refractivity contribution in [2.24, 2.45) is 0 Å². The minimum absolute atomic E-state index is 1.18. The number of hydrogen-bond donors (Lipinski definition) is 0. The molecule has 0 atom stereocenters. The van der Waals surface area contributed by atoms with Crippen molar-refractivity contribution >= 4 is 81.8 Å². The Morgan fingerprint density at radius 2 is 0.621 bits per heavy atom. The fourth-order valence-electron chi connectivity index (χ4n) is 8.02. The van der Waals surface area contributed by atoms with Gasteiger partial charge in [-0.15, -0.1) is 45.3 Å². The molecule has 0 aromatic carbocycles. The van der Waals surface area contributed by atoms with Gasteiger partial charge in [0, 0.05) is 29.3 Å². The summed E-state index contributed by atoms with van der Waals surface area (Å²) in [5.41, 5.74) is 6.16. The van der Waals surface area contributed by atoms with Crippen LogP contribution >= 0.6 is 45.3 Å². The highest BCUT2D eigenvalue weighted by Crippen LogP contribution is 2.33. The minimum Gasteiger partial charge on any atom is -0.144 e. The fourth-order valence-corrected chi connectivity index (χ4v) is 11.7. The highest BCUT2D eigenvalue weighted by Gasteiger charge is 2.11. The van der Waals surface area contributed by atoms with Crippen LogP contribution in [-0.2, 0) is 25.7 Å². The second-order valence-electron chi connectivity index (χ2n) is 16.8. The molecule has 4 aromatic heterocycles. The maximum atomic E-state index is 2.51. The number of thiophene rings is 4. The summed E-state index contributed by atoms with van der Waals surface area (Å²) in [5, 5.41) is 4.59. The SMILES string of the molecule is CCCCCCCCc1ccsc1/C=C/c1cc(CCCCCCCC)c(/C=C/c2sc(/C=C/c3sccc3CCCCCCCC)cc2CCCCCCCC)s1. The first-order valence-corrected chi connectivity index (χ1v) is 27.5. The lowest BCUT2D eigenvalue weighted by Gasteiger charge is -2.03. The van der Waals surface area contributed by atoms with Gasteiger partial charge >= 0.3 is 0 Å². The zero-order valence-corrected chi connectivity index (χ0v) is 40.6. The molecule has 4 aromatic rings. The Hall–Kier alpha value is -1.98. The monoisotopic (exact) mass is 857 g/mol. The molecule has 0 bridgehead atoms. The van der Waals surface area contributed by atoms with Crippen molar-refractivity contribution in [3.8, 4) is 0 Å². The van der Waals surface area contributed by atoms with Gasteiger partial charge in [-0.05, 0) is 145 Å². The quantitative estimate of drug-likeness (QED) is 0.0411. The zero-order chi connectivity index (χ0) is 40.9. The first-order valence-electron chi connectivity index (χ1n) is 24.1. The first kappa shape index (κ1) is 48.7. The van der Waals surface area contributed by atoms with Crippen LogP contribution in [0.4, 0.5) is 0 Å². The Bertz CT molecular complexity index is 1570. The van der Waals surface area contributed by atoms with E-state index in [4.69, 9.17) is 0 Å². The molecule has 0 radical (unpaired) electrons. The summed E-state index contributed by atoms with van der Waals surface area (Å²) in [4.78, 5) is 8.61. The topological polar surface area (TPSA) is 0 Å². The lowest BCUT2D eigenvalue weighted by Crippen LogP contribution is -1.87. The molecule has 4 heteroatoms. The molecule has 0 fully saturated rings.